The van der Waals surface area contributed by atoms with Gasteiger partial charge in [-0.15, -0.1) is 34.3 Å². The Balaban J connectivity index is 1.92. The van der Waals surface area contributed by atoms with E-state index in [0.29, 0.717) is 0 Å². The van der Waals surface area contributed by atoms with Crippen LogP contribution in [0, 0.1) is 13.8 Å². The average Bonchev–Trinajstić information content (AvgIpc) is 2.85. The number of halogens is 1. The Bertz CT molecular complexity index is 556. The molecule has 1 atom stereocenters. The minimum Gasteiger partial charge on any atom is -0.143 e. The van der Waals surface area contributed by atoms with Crippen molar-refractivity contribution < 1.29 is 0 Å². The van der Waals surface area contributed by atoms with Crippen LogP contribution < -0.4 is 0 Å². The standard InChI is InChI=1S/C16H19ClS2/c1-10-8-11(2)18-16(10)15(17)14-9-12-6-4-3-5-7-13(12)19-14/h8-9,15H,3-7H2,1-2H3. The van der Waals surface area contributed by atoms with E-state index >= 15 is 0 Å². The van der Waals surface area contributed by atoms with E-state index in [1.54, 1.807) is 10.4 Å². The summed E-state index contributed by atoms with van der Waals surface area (Å²) in [5.74, 6) is 0. The van der Waals surface area contributed by atoms with Gasteiger partial charge in [-0.25, -0.2) is 0 Å². The highest BCUT2D eigenvalue weighted by molar-refractivity contribution is 7.14. The molecule has 0 aromatic carbocycles. The van der Waals surface area contributed by atoms with Gasteiger partial charge in [0.15, 0.2) is 0 Å². The zero-order chi connectivity index (χ0) is 13.4. The molecule has 2 aromatic heterocycles. The van der Waals surface area contributed by atoms with Gasteiger partial charge in [0.2, 0.25) is 0 Å². The molecule has 2 heterocycles. The average molecular weight is 311 g/mol. The molecule has 1 unspecified atom stereocenters. The summed E-state index contributed by atoms with van der Waals surface area (Å²) >= 11 is 10.5. The molecule has 1 aliphatic carbocycles. The van der Waals surface area contributed by atoms with Crippen LogP contribution in [0.2, 0.25) is 0 Å². The van der Waals surface area contributed by atoms with Crippen LogP contribution in [0.3, 0.4) is 0 Å². The van der Waals surface area contributed by atoms with Gasteiger partial charge in [0, 0.05) is 19.5 Å². The SMILES string of the molecule is Cc1cc(C)c(C(Cl)c2cc3c(s2)CCCCC3)s1. The summed E-state index contributed by atoms with van der Waals surface area (Å²) in [6, 6.07) is 4.62. The lowest BCUT2D eigenvalue weighted by Gasteiger charge is -2.06. The van der Waals surface area contributed by atoms with E-state index in [4.69, 9.17) is 11.6 Å². The summed E-state index contributed by atoms with van der Waals surface area (Å²) in [6.45, 7) is 4.33. The van der Waals surface area contributed by atoms with Crippen molar-refractivity contribution in [1.82, 2.24) is 0 Å². The fourth-order valence-corrected chi connectivity index (χ4v) is 5.71. The maximum atomic E-state index is 6.73. The molecular weight excluding hydrogens is 292 g/mol. The highest BCUT2D eigenvalue weighted by atomic mass is 35.5. The number of alkyl halides is 1. The molecule has 102 valence electrons. The maximum absolute atomic E-state index is 6.73. The first-order valence-corrected chi connectivity index (χ1v) is 9.04. The van der Waals surface area contributed by atoms with Crippen molar-refractivity contribution in [2.45, 2.75) is 51.3 Å². The first-order chi connectivity index (χ1) is 9.15. The molecule has 2 aromatic rings. The second-order valence-electron chi connectivity index (χ2n) is 5.42. The predicted octanol–water partition coefficient (Wildman–Crippen LogP) is 6.02. The summed E-state index contributed by atoms with van der Waals surface area (Å²) in [7, 11) is 0. The van der Waals surface area contributed by atoms with Crippen molar-refractivity contribution in [3.05, 3.63) is 42.8 Å². The quantitative estimate of drug-likeness (QED) is 0.469. The molecule has 1 aliphatic rings. The molecule has 0 N–H and O–H groups in total. The van der Waals surface area contributed by atoms with Gasteiger partial charge in [-0.05, 0) is 62.8 Å². The molecule has 0 bridgehead atoms. The summed E-state index contributed by atoms with van der Waals surface area (Å²) in [4.78, 5) is 5.62. The van der Waals surface area contributed by atoms with Crippen LogP contribution in [0.4, 0.5) is 0 Å². The number of aryl methyl sites for hydroxylation is 4. The molecule has 0 aliphatic heterocycles. The Hall–Kier alpha value is -0.310. The maximum Gasteiger partial charge on any atom is 0.102 e. The number of fused-ring (bicyclic) bond motifs is 1. The van der Waals surface area contributed by atoms with Crippen molar-refractivity contribution in [2.24, 2.45) is 0 Å². The van der Waals surface area contributed by atoms with Gasteiger partial charge in [-0.2, -0.15) is 0 Å². The molecule has 3 rings (SSSR count). The fraction of sp³-hybridized carbons (Fsp3) is 0.500. The molecule has 0 fully saturated rings. The minimum atomic E-state index is 0.0515. The van der Waals surface area contributed by atoms with E-state index in [9.17, 15) is 0 Å². The van der Waals surface area contributed by atoms with Crippen LogP contribution >= 0.6 is 34.3 Å². The molecule has 0 saturated carbocycles. The monoisotopic (exact) mass is 310 g/mol. The summed E-state index contributed by atoms with van der Waals surface area (Å²) in [6.07, 6.45) is 6.57. The third kappa shape index (κ3) is 2.76. The molecular formula is C16H19ClS2. The largest absolute Gasteiger partial charge is 0.143 e. The highest BCUT2D eigenvalue weighted by Crippen LogP contribution is 2.41. The number of rotatable bonds is 2. The lowest BCUT2D eigenvalue weighted by Crippen LogP contribution is -1.88. The molecule has 0 spiro atoms. The van der Waals surface area contributed by atoms with Crippen LogP contribution in [-0.4, -0.2) is 0 Å². The summed E-state index contributed by atoms with van der Waals surface area (Å²) in [5.41, 5.74) is 2.90. The minimum absolute atomic E-state index is 0.0515. The van der Waals surface area contributed by atoms with Crippen LogP contribution in [0.25, 0.3) is 0 Å². The van der Waals surface area contributed by atoms with E-state index in [-0.39, 0.29) is 5.38 Å². The summed E-state index contributed by atoms with van der Waals surface area (Å²) < 4.78 is 0. The Labute approximate surface area is 128 Å². The second-order valence-corrected chi connectivity index (χ2v) is 8.32. The molecule has 0 radical (unpaired) electrons. The first kappa shape index (κ1) is 13.7. The van der Waals surface area contributed by atoms with Crippen LogP contribution in [-0.2, 0) is 12.8 Å². The highest BCUT2D eigenvalue weighted by Gasteiger charge is 2.21. The topological polar surface area (TPSA) is 0 Å². The van der Waals surface area contributed by atoms with E-state index < -0.39 is 0 Å². The van der Waals surface area contributed by atoms with Gasteiger partial charge in [0.1, 0.15) is 5.38 Å². The number of thiophene rings is 2. The van der Waals surface area contributed by atoms with Crippen LogP contribution in [0.5, 0.6) is 0 Å². The van der Waals surface area contributed by atoms with Crippen molar-refractivity contribution in [3.8, 4) is 0 Å². The van der Waals surface area contributed by atoms with Crippen molar-refractivity contribution >= 4 is 34.3 Å². The normalized spacial score (nSPS) is 17.0. The smallest absolute Gasteiger partial charge is 0.102 e. The van der Waals surface area contributed by atoms with E-state index in [1.807, 2.05) is 22.7 Å². The van der Waals surface area contributed by atoms with Gasteiger partial charge >= 0.3 is 0 Å². The Kier molecular flexibility index (Phi) is 4.02. The lowest BCUT2D eigenvalue weighted by atomic mass is 10.1. The van der Waals surface area contributed by atoms with Gasteiger partial charge < -0.3 is 0 Å². The first-order valence-electron chi connectivity index (χ1n) is 6.97. The molecule has 0 amide bonds. The molecule has 0 nitrogen and oxygen atoms in total. The van der Waals surface area contributed by atoms with Crippen molar-refractivity contribution in [1.29, 1.82) is 0 Å². The molecule has 3 heteroatoms. The third-order valence-corrected chi connectivity index (χ3v) is 7.06. The van der Waals surface area contributed by atoms with Crippen molar-refractivity contribution in [2.75, 3.05) is 0 Å². The Morgan fingerprint density at radius 2 is 1.84 bits per heavy atom. The van der Waals surface area contributed by atoms with Gasteiger partial charge in [-0.1, -0.05) is 6.42 Å². The fourth-order valence-electron chi connectivity index (χ4n) is 2.86. The van der Waals surface area contributed by atoms with Crippen LogP contribution in [0.1, 0.15) is 55.3 Å². The zero-order valence-electron chi connectivity index (χ0n) is 11.5. The predicted molar refractivity (Wildman–Crippen MR) is 87.1 cm³/mol. The van der Waals surface area contributed by atoms with Gasteiger partial charge in [0.25, 0.3) is 0 Å². The van der Waals surface area contributed by atoms with Gasteiger partial charge in [0.05, 0.1) is 0 Å². The summed E-state index contributed by atoms with van der Waals surface area (Å²) in [5, 5.41) is 0.0515. The van der Waals surface area contributed by atoms with Gasteiger partial charge in [-0.3, -0.25) is 0 Å². The Morgan fingerprint density at radius 3 is 2.58 bits per heavy atom. The van der Waals surface area contributed by atoms with Crippen LogP contribution in [0.15, 0.2) is 12.1 Å². The third-order valence-electron chi connectivity index (χ3n) is 3.83. The number of hydrogen-bond acceptors (Lipinski definition) is 2. The lowest BCUT2D eigenvalue weighted by molar-refractivity contribution is 0.712. The second kappa shape index (κ2) is 5.59. The van der Waals surface area contributed by atoms with E-state index in [1.165, 1.54) is 52.3 Å². The molecule has 0 saturated heterocycles. The zero-order valence-corrected chi connectivity index (χ0v) is 13.9. The van der Waals surface area contributed by atoms with E-state index in [2.05, 4.69) is 26.0 Å². The number of hydrogen-bond donors (Lipinski definition) is 0. The molecule has 19 heavy (non-hydrogen) atoms. The van der Waals surface area contributed by atoms with E-state index in [0.717, 1.165) is 0 Å². The Morgan fingerprint density at radius 1 is 1.05 bits per heavy atom. The van der Waals surface area contributed by atoms with Crippen molar-refractivity contribution in [3.63, 3.8) is 0 Å².